The molecule has 1 N–H and O–H groups in total. The van der Waals surface area contributed by atoms with Crippen molar-refractivity contribution >= 4 is 6.08 Å². The fourth-order valence-electron chi connectivity index (χ4n) is 1.38. The number of hydrogen-bond donors (Lipinski definition) is 1. The van der Waals surface area contributed by atoms with Gasteiger partial charge in [-0.1, -0.05) is 48.2 Å². The van der Waals surface area contributed by atoms with Crippen LogP contribution in [0.15, 0.2) is 48.6 Å². The van der Waals surface area contributed by atoms with Crippen molar-refractivity contribution in [3.8, 4) is 11.8 Å². The highest BCUT2D eigenvalue weighted by Crippen LogP contribution is 2.05. The number of unbranched alkanes of at least 4 members (excludes halogenated alkanes) is 2. The predicted octanol–water partition coefficient (Wildman–Crippen LogP) is 3.42. The van der Waals surface area contributed by atoms with Gasteiger partial charge < -0.3 is 5.11 Å². The summed E-state index contributed by atoms with van der Waals surface area (Å²) in [5, 5.41) is 9.20. The Kier molecular flexibility index (Phi) is 6.55. The summed E-state index contributed by atoms with van der Waals surface area (Å²) in [6.45, 7) is 3.66. The van der Waals surface area contributed by atoms with Crippen LogP contribution in [0.4, 0.5) is 0 Å². The minimum atomic E-state index is -0.0106. The van der Waals surface area contributed by atoms with Crippen molar-refractivity contribution in [2.45, 2.75) is 19.3 Å². The Labute approximate surface area is 103 Å². The first-order valence-corrected chi connectivity index (χ1v) is 5.83. The van der Waals surface area contributed by atoms with Crippen LogP contribution in [0.25, 0.3) is 6.08 Å². The van der Waals surface area contributed by atoms with E-state index in [2.05, 4.69) is 18.4 Å². The van der Waals surface area contributed by atoms with Crippen molar-refractivity contribution in [3.05, 3.63) is 54.1 Å². The van der Waals surface area contributed by atoms with E-state index in [1.54, 1.807) is 0 Å². The minimum absolute atomic E-state index is 0.0106. The summed E-state index contributed by atoms with van der Waals surface area (Å²) in [5.41, 5.74) is 1.83. The van der Waals surface area contributed by atoms with Gasteiger partial charge in [0.25, 0.3) is 0 Å². The van der Waals surface area contributed by atoms with Gasteiger partial charge >= 0.3 is 0 Å². The van der Waals surface area contributed by atoms with Crippen LogP contribution in [-0.2, 0) is 0 Å². The van der Waals surface area contributed by atoms with Gasteiger partial charge in [0.1, 0.15) is 0 Å². The number of aliphatic hydroxyl groups is 1. The van der Waals surface area contributed by atoms with E-state index in [0.29, 0.717) is 0 Å². The maximum Gasteiger partial charge on any atom is 0.0760 e. The number of hydrogen-bond acceptors (Lipinski definition) is 1. The first-order chi connectivity index (χ1) is 8.36. The molecular formula is C16H18O. The maximum atomic E-state index is 9.20. The maximum absolute atomic E-state index is 9.20. The van der Waals surface area contributed by atoms with Crippen LogP contribution < -0.4 is 0 Å². The SMILES string of the molecule is C=CCCCC#C/C(=C\c1ccccc1)CO. The van der Waals surface area contributed by atoms with Gasteiger partial charge in [-0.2, -0.15) is 0 Å². The summed E-state index contributed by atoms with van der Waals surface area (Å²) >= 11 is 0. The third kappa shape index (κ3) is 5.75. The summed E-state index contributed by atoms with van der Waals surface area (Å²) in [4.78, 5) is 0. The second kappa shape index (κ2) is 8.38. The fourth-order valence-corrected chi connectivity index (χ4v) is 1.38. The number of rotatable bonds is 5. The molecule has 0 heterocycles. The van der Waals surface area contributed by atoms with Gasteiger partial charge in [0.15, 0.2) is 0 Å². The minimum Gasteiger partial charge on any atom is -0.391 e. The topological polar surface area (TPSA) is 20.2 Å². The van der Waals surface area contributed by atoms with E-state index < -0.39 is 0 Å². The molecule has 0 bridgehead atoms. The number of aliphatic hydroxyl groups excluding tert-OH is 1. The average molecular weight is 226 g/mol. The molecular weight excluding hydrogens is 208 g/mol. The molecule has 0 aliphatic rings. The molecule has 17 heavy (non-hydrogen) atoms. The monoisotopic (exact) mass is 226 g/mol. The van der Waals surface area contributed by atoms with E-state index >= 15 is 0 Å². The van der Waals surface area contributed by atoms with E-state index in [1.807, 2.05) is 42.5 Å². The molecule has 0 aliphatic heterocycles. The van der Waals surface area contributed by atoms with Crippen molar-refractivity contribution in [2.24, 2.45) is 0 Å². The highest BCUT2D eigenvalue weighted by Gasteiger charge is 1.91. The van der Waals surface area contributed by atoms with Gasteiger partial charge in [-0.25, -0.2) is 0 Å². The first kappa shape index (κ1) is 13.3. The highest BCUT2D eigenvalue weighted by molar-refractivity contribution is 5.58. The van der Waals surface area contributed by atoms with Gasteiger partial charge in [-0.15, -0.1) is 6.58 Å². The Balaban J connectivity index is 2.59. The molecule has 0 saturated heterocycles. The lowest BCUT2D eigenvalue weighted by molar-refractivity contribution is 0.337. The van der Waals surface area contributed by atoms with Gasteiger partial charge in [0.2, 0.25) is 0 Å². The van der Waals surface area contributed by atoms with E-state index in [0.717, 1.165) is 30.4 Å². The van der Waals surface area contributed by atoms with E-state index in [9.17, 15) is 5.11 Å². The summed E-state index contributed by atoms with van der Waals surface area (Å²) < 4.78 is 0. The Morgan fingerprint density at radius 1 is 1.29 bits per heavy atom. The molecule has 88 valence electrons. The summed E-state index contributed by atoms with van der Waals surface area (Å²) in [7, 11) is 0. The van der Waals surface area contributed by atoms with Crippen LogP contribution in [0, 0.1) is 11.8 Å². The molecule has 0 radical (unpaired) electrons. The van der Waals surface area contributed by atoms with Crippen LogP contribution in [0.3, 0.4) is 0 Å². The van der Waals surface area contributed by atoms with E-state index in [4.69, 9.17) is 0 Å². The van der Waals surface area contributed by atoms with E-state index in [1.165, 1.54) is 0 Å². The third-order valence-electron chi connectivity index (χ3n) is 2.27. The van der Waals surface area contributed by atoms with Crippen molar-refractivity contribution in [2.75, 3.05) is 6.61 Å². The molecule has 1 nitrogen and oxygen atoms in total. The Morgan fingerprint density at radius 2 is 2.06 bits per heavy atom. The fraction of sp³-hybridized carbons (Fsp3) is 0.250. The molecule has 0 atom stereocenters. The number of benzene rings is 1. The molecule has 0 spiro atoms. The molecule has 1 aromatic rings. The highest BCUT2D eigenvalue weighted by atomic mass is 16.3. The second-order valence-corrected chi connectivity index (χ2v) is 3.72. The summed E-state index contributed by atoms with van der Waals surface area (Å²) in [6, 6.07) is 9.90. The van der Waals surface area contributed by atoms with E-state index in [-0.39, 0.29) is 6.61 Å². The van der Waals surface area contributed by atoms with Gasteiger partial charge in [0, 0.05) is 12.0 Å². The second-order valence-electron chi connectivity index (χ2n) is 3.72. The molecule has 1 rings (SSSR count). The Morgan fingerprint density at radius 3 is 2.71 bits per heavy atom. The zero-order valence-corrected chi connectivity index (χ0v) is 10.0. The molecule has 0 unspecified atom stereocenters. The molecule has 0 saturated carbocycles. The van der Waals surface area contributed by atoms with Crippen LogP contribution in [0.1, 0.15) is 24.8 Å². The normalized spacial score (nSPS) is 10.5. The van der Waals surface area contributed by atoms with Crippen LogP contribution in [0.2, 0.25) is 0 Å². The lowest BCUT2D eigenvalue weighted by Crippen LogP contribution is -1.86. The summed E-state index contributed by atoms with van der Waals surface area (Å²) in [5.74, 6) is 6.07. The molecule has 0 fully saturated rings. The largest absolute Gasteiger partial charge is 0.391 e. The van der Waals surface area contributed by atoms with Gasteiger partial charge in [0.05, 0.1) is 6.61 Å². The van der Waals surface area contributed by atoms with Crippen molar-refractivity contribution in [1.82, 2.24) is 0 Å². The third-order valence-corrected chi connectivity index (χ3v) is 2.27. The molecule has 1 heteroatoms. The van der Waals surface area contributed by atoms with Crippen molar-refractivity contribution in [3.63, 3.8) is 0 Å². The van der Waals surface area contributed by atoms with Crippen LogP contribution >= 0.6 is 0 Å². The standard InChI is InChI=1S/C16H18O/c1-2-3-4-5-7-12-16(14-17)13-15-10-8-6-9-11-15/h2,6,8-11,13,17H,1,3-5,14H2/b16-13+. The van der Waals surface area contributed by atoms with Crippen LogP contribution in [-0.4, -0.2) is 11.7 Å². The lowest BCUT2D eigenvalue weighted by atomic mass is 10.1. The quantitative estimate of drug-likeness (QED) is 0.463. The Bertz CT molecular complexity index is 418. The molecule has 0 aromatic heterocycles. The zero-order chi connectivity index (χ0) is 12.3. The van der Waals surface area contributed by atoms with Gasteiger partial charge in [-0.05, 0) is 24.5 Å². The van der Waals surface area contributed by atoms with Crippen molar-refractivity contribution < 1.29 is 5.11 Å². The Hall–Kier alpha value is -1.78. The summed E-state index contributed by atoms with van der Waals surface area (Å²) in [6.07, 6.45) is 6.68. The van der Waals surface area contributed by atoms with Crippen LogP contribution in [0.5, 0.6) is 0 Å². The molecule has 0 amide bonds. The lowest BCUT2D eigenvalue weighted by Gasteiger charge is -1.95. The number of allylic oxidation sites excluding steroid dienone is 1. The molecule has 1 aromatic carbocycles. The molecule has 0 aliphatic carbocycles. The van der Waals surface area contributed by atoms with Gasteiger partial charge in [-0.3, -0.25) is 0 Å². The smallest absolute Gasteiger partial charge is 0.0760 e. The average Bonchev–Trinajstić information content (AvgIpc) is 2.38. The first-order valence-electron chi connectivity index (χ1n) is 5.83. The zero-order valence-electron chi connectivity index (χ0n) is 10.0. The predicted molar refractivity (Wildman–Crippen MR) is 73.3 cm³/mol. The van der Waals surface area contributed by atoms with Crippen molar-refractivity contribution in [1.29, 1.82) is 0 Å².